The maximum absolute atomic E-state index is 4.77. The van der Waals surface area contributed by atoms with E-state index in [0.29, 0.717) is 0 Å². The van der Waals surface area contributed by atoms with Crippen LogP contribution in [0.3, 0.4) is 0 Å². The molecule has 0 saturated heterocycles. The van der Waals surface area contributed by atoms with E-state index in [4.69, 9.17) is 5.10 Å². The molecule has 144 valence electrons. The maximum Gasteiger partial charge on any atom is 0.165 e. The summed E-state index contributed by atoms with van der Waals surface area (Å²) in [6, 6.07) is 10.2. The van der Waals surface area contributed by atoms with Crippen molar-refractivity contribution in [3.63, 3.8) is 0 Å². The molecular formula is C18H20ClN9. The molecule has 0 spiro atoms. The van der Waals surface area contributed by atoms with E-state index in [2.05, 4.69) is 36.6 Å². The van der Waals surface area contributed by atoms with Gasteiger partial charge in [-0.1, -0.05) is 0 Å². The molecule has 4 heterocycles. The molecule has 1 N–H and O–H groups in total. The van der Waals surface area contributed by atoms with Gasteiger partial charge < -0.3 is 5.32 Å². The Kier molecular flexibility index (Phi) is 4.93. The first kappa shape index (κ1) is 18.3. The van der Waals surface area contributed by atoms with Gasteiger partial charge in [0.1, 0.15) is 5.69 Å². The molecule has 4 aromatic rings. The fraction of sp³-hybridized carbons (Fsp3) is 0.278. The smallest absolute Gasteiger partial charge is 0.165 e. The van der Waals surface area contributed by atoms with Crippen LogP contribution < -0.4 is 5.32 Å². The quantitative estimate of drug-likeness (QED) is 0.568. The van der Waals surface area contributed by atoms with Crippen LogP contribution in [0.4, 0.5) is 0 Å². The van der Waals surface area contributed by atoms with Crippen molar-refractivity contribution >= 4 is 12.4 Å². The van der Waals surface area contributed by atoms with Gasteiger partial charge in [0, 0.05) is 31.2 Å². The molecule has 9 nitrogen and oxygen atoms in total. The van der Waals surface area contributed by atoms with Gasteiger partial charge in [-0.05, 0) is 60.6 Å². The Morgan fingerprint density at radius 3 is 2.71 bits per heavy atom. The SMILES string of the molecule is Cc1nnnn1-c1ccc(-n2ccnc2-c2cc3n(n2)CCCNC3)cc1.Cl. The highest BCUT2D eigenvalue weighted by molar-refractivity contribution is 5.85. The highest BCUT2D eigenvalue weighted by Crippen LogP contribution is 2.23. The molecule has 1 aliphatic rings. The Balaban J connectivity index is 0.00000192. The van der Waals surface area contributed by atoms with Crippen LogP contribution in [0, 0.1) is 6.92 Å². The monoisotopic (exact) mass is 397 g/mol. The fourth-order valence-corrected chi connectivity index (χ4v) is 3.40. The zero-order valence-corrected chi connectivity index (χ0v) is 16.2. The number of aryl methyl sites for hydroxylation is 2. The van der Waals surface area contributed by atoms with E-state index in [9.17, 15) is 0 Å². The molecule has 28 heavy (non-hydrogen) atoms. The molecule has 0 amide bonds. The van der Waals surface area contributed by atoms with Gasteiger partial charge in [0.25, 0.3) is 0 Å². The summed E-state index contributed by atoms with van der Waals surface area (Å²) in [7, 11) is 0. The van der Waals surface area contributed by atoms with Gasteiger partial charge in [0.2, 0.25) is 0 Å². The number of imidazole rings is 1. The number of fused-ring (bicyclic) bond motifs is 1. The molecule has 3 aromatic heterocycles. The van der Waals surface area contributed by atoms with Crippen LogP contribution >= 0.6 is 12.4 Å². The number of nitrogens with zero attached hydrogens (tertiary/aromatic N) is 8. The summed E-state index contributed by atoms with van der Waals surface area (Å²) < 4.78 is 5.84. The van der Waals surface area contributed by atoms with E-state index < -0.39 is 0 Å². The number of hydrogen-bond acceptors (Lipinski definition) is 6. The summed E-state index contributed by atoms with van der Waals surface area (Å²) in [5, 5.41) is 19.8. The van der Waals surface area contributed by atoms with Gasteiger partial charge in [0.15, 0.2) is 11.6 Å². The topological polar surface area (TPSA) is 91.3 Å². The summed E-state index contributed by atoms with van der Waals surface area (Å²) in [6.07, 6.45) is 4.84. The zero-order valence-electron chi connectivity index (χ0n) is 15.4. The molecule has 5 rings (SSSR count). The summed E-state index contributed by atoms with van der Waals surface area (Å²) in [5.74, 6) is 1.58. The molecular weight excluding hydrogens is 378 g/mol. The minimum Gasteiger partial charge on any atom is -0.311 e. The van der Waals surface area contributed by atoms with E-state index in [-0.39, 0.29) is 12.4 Å². The lowest BCUT2D eigenvalue weighted by atomic mass is 10.2. The first-order valence-electron chi connectivity index (χ1n) is 8.96. The fourth-order valence-electron chi connectivity index (χ4n) is 3.40. The van der Waals surface area contributed by atoms with Crippen molar-refractivity contribution in [1.29, 1.82) is 0 Å². The highest BCUT2D eigenvalue weighted by Gasteiger charge is 2.16. The Labute approximate surface area is 167 Å². The minimum absolute atomic E-state index is 0. The number of halogens is 1. The van der Waals surface area contributed by atoms with Crippen LogP contribution in [-0.4, -0.2) is 46.1 Å². The van der Waals surface area contributed by atoms with Gasteiger partial charge in [-0.2, -0.15) is 9.78 Å². The second-order valence-corrected chi connectivity index (χ2v) is 6.55. The van der Waals surface area contributed by atoms with Gasteiger partial charge in [0.05, 0.1) is 11.4 Å². The number of benzene rings is 1. The summed E-state index contributed by atoms with van der Waals surface area (Å²) in [5.41, 5.74) is 4.02. The van der Waals surface area contributed by atoms with Crippen molar-refractivity contribution in [3.05, 3.63) is 54.2 Å². The number of aromatic nitrogens is 8. The third kappa shape index (κ3) is 3.19. The second kappa shape index (κ2) is 7.53. The highest BCUT2D eigenvalue weighted by atomic mass is 35.5. The second-order valence-electron chi connectivity index (χ2n) is 6.55. The Morgan fingerprint density at radius 1 is 1.11 bits per heavy atom. The maximum atomic E-state index is 4.77. The predicted molar refractivity (Wildman–Crippen MR) is 106 cm³/mol. The van der Waals surface area contributed by atoms with Gasteiger partial charge in [-0.25, -0.2) is 4.98 Å². The van der Waals surface area contributed by atoms with Crippen LogP contribution in [0.25, 0.3) is 22.9 Å². The van der Waals surface area contributed by atoms with Crippen molar-refractivity contribution in [1.82, 2.24) is 44.9 Å². The molecule has 0 saturated carbocycles. The lowest BCUT2D eigenvalue weighted by Crippen LogP contribution is -2.11. The minimum atomic E-state index is 0. The summed E-state index contributed by atoms with van der Waals surface area (Å²) in [4.78, 5) is 4.55. The molecule has 1 aromatic carbocycles. The molecule has 0 unspecified atom stereocenters. The lowest BCUT2D eigenvalue weighted by molar-refractivity contribution is 0.588. The number of tetrazole rings is 1. The average Bonchev–Trinajstić information content (AvgIpc) is 3.39. The summed E-state index contributed by atoms with van der Waals surface area (Å²) in [6.45, 7) is 4.68. The zero-order chi connectivity index (χ0) is 18.2. The third-order valence-electron chi connectivity index (χ3n) is 4.76. The number of hydrogen-bond donors (Lipinski definition) is 1. The molecule has 0 fully saturated rings. The van der Waals surface area contributed by atoms with E-state index in [0.717, 1.165) is 54.8 Å². The Bertz CT molecular complexity index is 1050. The number of rotatable bonds is 3. The lowest BCUT2D eigenvalue weighted by Gasteiger charge is -2.08. The normalized spacial score (nSPS) is 13.6. The van der Waals surface area contributed by atoms with Crippen LogP contribution in [0.2, 0.25) is 0 Å². The standard InChI is InChI=1S/C18H19N9.ClH/c1-13-21-23-24-27(13)15-5-3-14(4-6-15)25-10-8-20-18(25)17-11-16-12-19-7-2-9-26(16)22-17;/h3-6,8,10-11,19H,2,7,9,12H2,1H3;1H. The van der Waals surface area contributed by atoms with E-state index in [1.165, 1.54) is 5.69 Å². The van der Waals surface area contributed by atoms with Crippen molar-refractivity contribution < 1.29 is 0 Å². The molecule has 0 bridgehead atoms. The Morgan fingerprint density at radius 2 is 1.93 bits per heavy atom. The van der Waals surface area contributed by atoms with E-state index in [1.807, 2.05) is 42.0 Å². The molecule has 1 aliphatic heterocycles. The van der Waals surface area contributed by atoms with Gasteiger partial charge in [-0.15, -0.1) is 17.5 Å². The first-order valence-corrected chi connectivity index (χ1v) is 8.96. The van der Waals surface area contributed by atoms with Gasteiger partial charge >= 0.3 is 0 Å². The molecule has 0 radical (unpaired) electrons. The molecule has 0 aliphatic carbocycles. The predicted octanol–water partition coefficient (Wildman–Crippen LogP) is 1.94. The molecule has 10 heteroatoms. The summed E-state index contributed by atoms with van der Waals surface area (Å²) >= 11 is 0. The average molecular weight is 398 g/mol. The van der Waals surface area contributed by atoms with Crippen LogP contribution in [0.15, 0.2) is 42.7 Å². The van der Waals surface area contributed by atoms with Crippen molar-refractivity contribution in [2.45, 2.75) is 26.4 Å². The van der Waals surface area contributed by atoms with Crippen LogP contribution in [0.5, 0.6) is 0 Å². The third-order valence-corrected chi connectivity index (χ3v) is 4.76. The van der Waals surface area contributed by atoms with Crippen LogP contribution in [0.1, 0.15) is 17.9 Å². The largest absolute Gasteiger partial charge is 0.311 e. The number of nitrogens with one attached hydrogen (secondary N) is 1. The van der Waals surface area contributed by atoms with Gasteiger partial charge in [-0.3, -0.25) is 9.25 Å². The Hall–Kier alpha value is -3.04. The van der Waals surface area contributed by atoms with Crippen molar-refractivity contribution in [3.8, 4) is 22.9 Å². The van der Waals surface area contributed by atoms with Crippen molar-refractivity contribution in [2.75, 3.05) is 6.54 Å². The van der Waals surface area contributed by atoms with Crippen molar-refractivity contribution in [2.24, 2.45) is 0 Å². The van der Waals surface area contributed by atoms with Crippen LogP contribution in [-0.2, 0) is 13.1 Å². The molecule has 0 atom stereocenters. The van der Waals surface area contributed by atoms with E-state index in [1.54, 1.807) is 10.9 Å². The first-order chi connectivity index (χ1) is 13.3. The van der Waals surface area contributed by atoms with E-state index >= 15 is 0 Å².